The van der Waals surface area contributed by atoms with E-state index in [-0.39, 0.29) is 18.6 Å². The van der Waals surface area contributed by atoms with E-state index in [9.17, 15) is 14.4 Å². The average Bonchev–Trinajstić information content (AvgIpc) is 3.10. The summed E-state index contributed by atoms with van der Waals surface area (Å²) in [5.74, 6) is -1.05. The summed E-state index contributed by atoms with van der Waals surface area (Å²) in [6.07, 6.45) is 1.81. The first-order chi connectivity index (χ1) is 12.1. The van der Waals surface area contributed by atoms with Gasteiger partial charge in [0.2, 0.25) is 5.91 Å². The molecule has 0 unspecified atom stereocenters. The number of fused-ring (bicyclic) bond motifs is 3. The second kappa shape index (κ2) is 7.52. The molecular formula is C17H21N3O5. The van der Waals surface area contributed by atoms with E-state index in [4.69, 9.17) is 9.47 Å². The zero-order valence-electron chi connectivity index (χ0n) is 14.0. The molecule has 2 aliphatic heterocycles. The number of benzene rings is 1. The first-order valence-electron chi connectivity index (χ1n) is 8.24. The van der Waals surface area contributed by atoms with Gasteiger partial charge >= 0.3 is 5.97 Å². The Morgan fingerprint density at radius 3 is 3.04 bits per heavy atom. The first kappa shape index (κ1) is 17.2. The van der Waals surface area contributed by atoms with Crippen LogP contribution in [0.25, 0.3) is 0 Å². The fourth-order valence-corrected chi connectivity index (χ4v) is 3.12. The Hall–Kier alpha value is -2.61. The van der Waals surface area contributed by atoms with Crippen LogP contribution in [0.5, 0.6) is 0 Å². The smallest absolute Gasteiger partial charge is 0.338 e. The maximum atomic E-state index is 12.1. The third-order valence-electron chi connectivity index (χ3n) is 4.32. The van der Waals surface area contributed by atoms with Crippen molar-refractivity contribution in [3.05, 3.63) is 23.8 Å². The summed E-state index contributed by atoms with van der Waals surface area (Å²) < 4.78 is 9.82. The highest BCUT2D eigenvalue weighted by Crippen LogP contribution is 2.37. The summed E-state index contributed by atoms with van der Waals surface area (Å²) >= 11 is 0. The molecule has 134 valence electrons. The molecule has 25 heavy (non-hydrogen) atoms. The van der Waals surface area contributed by atoms with Crippen molar-refractivity contribution in [1.82, 2.24) is 5.32 Å². The summed E-state index contributed by atoms with van der Waals surface area (Å²) in [4.78, 5) is 37.9. The fourth-order valence-electron chi connectivity index (χ4n) is 3.12. The van der Waals surface area contributed by atoms with Crippen molar-refractivity contribution in [2.24, 2.45) is 0 Å². The number of nitrogens with one attached hydrogen (secondary N) is 2. The largest absolute Gasteiger partial charge is 0.452 e. The van der Waals surface area contributed by atoms with Crippen LogP contribution in [0.1, 0.15) is 23.2 Å². The number of anilines is 2. The van der Waals surface area contributed by atoms with E-state index in [0.717, 1.165) is 25.1 Å². The maximum absolute atomic E-state index is 12.1. The van der Waals surface area contributed by atoms with Gasteiger partial charge in [0, 0.05) is 20.2 Å². The van der Waals surface area contributed by atoms with Gasteiger partial charge in [-0.25, -0.2) is 4.79 Å². The van der Waals surface area contributed by atoms with Crippen LogP contribution in [0.2, 0.25) is 0 Å². The van der Waals surface area contributed by atoms with E-state index < -0.39 is 11.9 Å². The molecular weight excluding hydrogens is 326 g/mol. The minimum Gasteiger partial charge on any atom is -0.452 e. The Labute approximate surface area is 145 Å². The lowest BCUT2D eigenvalue weighted by Gasteiger charge is -2.33. The van der Waals surface area contributed by atoms with Crippen LogP contribution in [0.4, 0.5) is 11.4 Å². The van der Waals surface area contributed by atoms with Gasteiger partial charge in [0.25, 0.3) is 5.91 Å². The van der Waals surface area contributed by atoms with Gasteiger partial charge in [-0.3, -0.25) is 9.59 Å². The van der Waals surface area contributed by atoms with Crippen molar-refractivity contribution < 1.29 is 23.9 Å². The van der Waals surface area contributed by atoms with Crippen LogP contribution < -0.4 is 15.5 Å². The van der Waals surface area contributed by atoms with E-state index in [2.05, 4.69) is 15.5 Å². The van der Waals surface area contributed by atoms with E-state index >= 15 is 0 Å². The predicted molar refractivity (Wildman–Crippen MR) is 90.6 cm³/mol. The molecule has 1 aromatic rings. The normalized spacial score (nSPS) is 18.2. The molecule has 8 heteroatoms. The van der Waals surface area contributed by atoms with Crippen LogP contribution in [-0.2, 0) is 19.1 Å². The minimum absolute atomic E-state index is 0.0481. The van der Waals surface area contributed by atoms with E-state index in [1.807, 2.05) is 6.07 Å². The Morgan fingerprint density at radius 1 is 1.40 bits per heavy atom. The monoisotopic (exact) mass is 347 g/mol. The number of hydrogen-bond acceptors (Lipinski definition) is 6. The molecule has 2 aliphatic rings. The van der Waals surface area contributed by atoms with Gasteiger partial charge < -0.3 is 25.0 Å². The van der Waals surface area contributed by atoms with Gasteiger partial charge in [-0.1, -0.05) is 0 Å². The van der Waals surface area contributed by atoms with Gasteiger partial charge in [-0.05, 0) is 31.0 Å². The van der Waals surface area contributed by atoms with Gasteiger partial charge in [-0.2, -0.15) is 0 Å². The topological polar surface area (TPSA) is 97.0 Å². The van der Waals surface area contributed by atoms with Crippen LogP contribution in [0, 0.1) is 0 Å². The number of hydrogen-bond donors (Lipinski definition) is 2. The summed E-state index contributed by atoms with van der Waals surface area (Å²) in [6.45, 7) is 1.22. The third-order valence-corrected chi connectivity index (χ3v) is 4.32. The Bertz CT molecular complexity index is 691. The number of nitrogens with zero attached hydrogens (tertiary/aromatic N) is 1. The standard InChI is InChI=1S/C17H21N3O5/c1-24-8-6-18-15(21)10-25-17(23)11-4-5-13-12(9-11)19-16(22)14-3-2-7-20(13)14/h4-5,9,14H,2-3,6-8,10H2,1H3,(H,18,21)(H,19,22)/t14-/m0/s1. The van der Waals surface area contributed by atoms with E-state index in [0.29, 0.717) is 24.4 Å². The Kier molecular flexibility index (Phi) is 5.18. The molecule has 0 saturated carbocycles. The summed E-state index contributed by atoms with van der Waals surface area (Å²) in [7, 11) is 1.53. The van der Waals surface area contributed by atoms with Crippen molar-refractivity contribution in [1.29, 1.82) is 0 Å². The van der Waals surface area contributed by atoms with Crippen LogP contribution >= 0.6 is 0 Å². The minimum atomic E-state index is -0.609. The molecule has 3 rings (SSSR count). The molecule has 2 N–H and O–H groups in total. The predicted octanol–water partition coefficient (Wildman–Crippen LogP) is 0.527. The van der Waals surface area contributed by atoms with Crippen LogP contribution in [0.15, 0.2) is 18.2 Å². The first-order valence-corrected chi connectivity index (χ1v) is 8.24. The number of ether oxygens (including phenoxy) is 2. The lowest BCUT2D eigenvalue weighted by molar-refractivity contribution is -0.124. The lowest BCUT2D eigenvalue weighted by Crippen LogP contribution is -2.43. The Morgan fingerprint density at radius 2 is 2.24 bits per heavy atom. The third kappa shape index (κ3) is 3.74. The van der Waals surface area contributed by atoms with Crippen LogP contribution in [0.3, 0.4) is 0 Å². The zero-order valence-corrected chi connectivity index (χ0v) is 14.0. The summed E-state index contributed by atoms with van der Waals surface area (Å²) in [6, 6.07) is 4.92. The quantitative estimate of drug-likeness (QED) is 0.575. The maximum Gasteiger partial charge on any atom is 0.338 e. The molecule has 2 heterocycles. The van der Waals surface area contributed by atoms with E-state index in [1.165, 1.54) is 7.11 Å². The van der Waals surface area contributed by atoms with Gasteiger partial charge in [-0.15, -0.1) is 0 Å². The average molecular weight is 347 g/mol. The van der Waals surface area contributed by atoms with Gasteiger partial charge in [0.1, 0.15) is 6.04 Å². The van der Waals surface area contributed by atoms with Gasteiger partial charge in [0.05, 0.1) is 23.5 Å². The molecule has 0 radical (unpaired) electrons. The highest BCUT2D eigenvalue weighted by Gasteiger charge is 2.36. The highest BCUT2D eigenvalue weighted by atomic mass is 16.5. The molecule has 8 nitrogen and oxygen atoms in total. The molecule has 0 spiro atoms. The second-order valence-electron chi connectivity index (χ2n) is 5.99. The summed E-state index contributed by atoms with van der Waals surface area (Å²) in [5.41, 5.74) is 1.81. The number of rotatable bonds is 6. The summed E-state index contributed by atoms with van der Waals surface area (Å²) in [5, 5.41) is 5.41. The molecule has 0 aromatic heterocycles. The number of amides is 2. The highest BCUT2D eigenvalue weighted by molar-refractivity contribution is 6.05. The fraction of sp³-hybridized carbons (Fsp3) is 0.471. The molecule has 1 fully saturated rings. The molecule has 1 atom stereocenters. The van der Waals surface area contributed by atoms with Crippen molar-refractivity contribution >= 4 is 29.2 Å². The zero-order chi connectivity index (χ0) is 17.8. The number of carbonyl (C=O) groups excluding carboxylic acids is 3. The molecule has 0 bridgehead atoms. The second-order valence-corrected chi connectivity index (χ2v) is 5.99. The molecule has 1 saturated heterocycles. The number of carbonyl (C=O) groups is 3. The molecule has 2 amide bonds. The molecule has 0 aliphatic carbocycles. The Balaban J connectivity index is 1.62. The van der Waals surface area contributed by atoms with E-state index in [1.54, 1.807) is 12.1 Å². The SMILES string of the molecule is COCCNC(=O)COC(=O)c1ccc2c(c1)NC(=O)[C@@H]1CCCN21. The number of esters is 1. The molecule has 1 aromatic carbocycles. The lowest BCUT2D eigenvalue weighted by atomic mass is 10.1. The van der Waals surface area contributed by atoms with Crippen molar-refractivity contribution in [3.63, 3.8) is 0 Å². The van der Waals surface area contributed by atoms with Crippen molar-refractivity contribution in [2.75, 3.05) is 43.6 Å². The van der Waals surface area contributed by atoms with Crippen molar-refractivity contribution in [3.8, 4) is 0 Å². The van der Waals surface area contributed by atoms with Crippen molar-refractivity contribution in [2.45, 2.75) is 18.9 Å². The van der Waals surface area contributed by atoms with Gasteiger partial charge in [0.15, 0.2) is 6.61 Å². The number of methoxy groups -OCH3 is 1. The van der Waals surface area contributed by atoms with Crippen LogP contribution in [-0.4, -0.2) is 57.2 Å².